The molecule has 20 heteroatoms. The van der Waals surface area contributed by atoms with Crippen molar-refractivity contribution in [2.24, 2.45) is 27.1 Å². The molecule has 0 saturated carbocycles. The van der Waals surface area contributed by atoms with Crippen LogP contribution < -0.4 is 0 Å². The van der Waals surface area contributed by atoms with Crippen LogP contribution >= 0.6 is 0 Å². The third-order valence-electron chi connectivity index (χ3n) is 17.7. The van der Waals surface area contributed by atoms with Crippen molar-refractivity contribution in [2.45, 2.75) is 158 Å². The Balaban J connectivity index is 1.22. The van der Waals surface area contributed by atoms with E-state index in [0.717, 1.165) is 51.4 Å². The minimum Gasteiger partial charge on any atom is -0.459 e. The van der Waals surface area contributed by atoms with E-state index in [4.69, 9.17) is 25.5 Å². The summed E-state index contributed by atoms with van der Waals surface area (Å²) in [7, 11) is 0. The third-order valence-corrected chi connectivity index (χ3v) is 17.7. The number of likely N-dealkylation sites (tertiary alicyclic amines) is 4. The topological polar surface area (TPSA) is 194 Å². The molecule has 0 aromatic rings. The number of carbonyl (C=O) groups is 4. The van der Waals surface area contributed by atoms with E-state index in [1.807, 2.05) is 75.0 Å². The highest BCUT2D eigenvalue weighted by Gasteiger charge is 2.45. The fourth-order valence-electron chi connectivity index (χ4n) is 13.5. The molecule has 85 heavy (non-hydrogen) atoms. The second-order valence-corrected chi connectivity index (χ2v) is 27.5. The Hall–Kier alpha value is -7.32. The molecule has 0 atom stereocenters. The molecular formula is C65H80F4N8O8. The van der Waals surface area contributed by atoms with Gasteiger partial charge in [-0.3, -0.25) is 0 Å². The number of ether oxygens (including phenoxy) is 4. The molecule has 0 radical (unpaired) electrons. The summed E-state index contributed by atoms with van der Waals surface area (Å²) in [6, 6.07) is 6.28. The molecule has 4 saturated heterocycles. The molecular weight excluding hydrogens is 1100 g/mol. The standard InChI is InChI=1S/C65H80F4N8O8/c1-61(2)26-41(45(34-70)48(30-61)74-18-10-11-19-74)52(66)57(78)82-37-65(38-83-58(79)53(67)42-27-62(3,4)31-49(46(42)35-71)75-20-12-13-21-75,39-84-59(80)54(68)43-28-63(5,6)32-50(47(43)36-72)76-22-14-15-23-76)40-85-60(81)55(69)44-29-64(7,8)33-51(56(44)73-9)77-24-16-17-25-77/h10-33,37-40H2,1-8H3/b52-41-,53-42-,54-43+,55-44-. The zero-order valence-electron chi connectivity index (χ0n) is 50.7. The number of halogens is 4. The fraction of sp³-hybridized carbons (Fsp3) is 0.631. The lowest BCUT2D eigenvalue weighted by molar-refractivity contribution is -0.167. The quantitative estimate of drug-likeness (QED) is 0.0465. The van der Waals surface area contributed by atoms with Gasteiger partial charge in [0.15, 0.2) is 0 Å². The average molecular weight is 1180 g/mol. The number of hydrogen-bond acceptors (Lipinski definition) is 15. The minimum absolute atomic E-state index is 0.0463. The first-order valence-electron chi connectivity index (χ1n) is 29.9. The highest BCUT2D eigenvalue weighted by molar-refractivity contribution is 5.91. The number of allylic oxidation sites excluding steroid dienone is 11. The number of nitriles is 3. The van der Waals surface area contributed by atoms with Gasteiger partial charge in [0.05, 0.1) is 23.3 Å². The van der Waals surface area contributed by atoms with Crippen LogP contribution in [0.2, 0.25) is 0 Å². The van der Waals surface area contributed by atoms with Gasteiger partial charge < -0.3 is 38.5 Å². The average Bonchev–Trinajstić information content (AvgIpc) is 4.49. The molecule has 0 amide bonds. The van der Waals surface area contributed by atoms with Gasteiger partial charge in [0.25, 0.3) is 0 Å². The van der Waals surface area contributed by atoms with Crippen LogP contribution in [0.1, 0.15) is 158 Å². The van der Waals surface area contributed by atoms with Crippen molar-refractivity contribution in [3.8, 4) is 18.2 Å². The van der Waals surface area contributed by atoms with Gasteiger partial charge in [-0.1, -0.05) is 55.4 Å². The fourth-order valence-corrected chi connectivity index (χ4v) is 13.5. The second-order valence-electron chi connectivity index (χ2n) is 27.5. The van der Waals surface area contributed by atoms with Crippen LogP contribution in [-0.2, 0) is 38.1 Å². The molecule has 4 aliphatic carbocycles. The molecule has 4 heterocycles. The van der Waals surface area contributed by atoms with E-state index in [1.165, 1.54) is 0 Å². The Kier molecular flexibility index (Phi) is 19.3. The first-order valence-corrected chi connectivity index (χ1v) is 29.9. The van der Waals surface area contributed by atoms with Crippen LogP contribution in [0.25, 0.3) is 4.85 Å². The molecule has 456 valence electrons. The van der Waals surface area contributed by atoms with E-state index in [9.17, 15) is 35.0 Å². The summed E-state index contributed by atoms with van der Waals surface area (Å²) in [4.78, 5) is 68.9. The number of carbonyl (C=O) groups excluding carboxylic acids is 4. The van der Waals surface area contributed by atoms with Crippen molar-refractivity contribution < 1.29 is 55.7 Å². The van der Waals surface area contributed by atoms with E-state index in [2.05, 4.69) is 23.1 Å². The maximum atomic E-state index is 17.1. The van der Waals surface area contributed by atoms with Gasteiger partial charge in [-0.15, -0.1) is 0 Å². The SMILES string of the molecule is [C-]#[N+]C1=C(N2CCCC2)CC(C)(C)C/C1=C(/F)C(=O)OCC(COC(=O)/C(F)=C1\CC(C)(C)CC(N2CCCC2)=C1C#N)(COC(=O)/C(F)=C1\CC(C)(C)CC(N2CCCC2)=C1C#N)COC(=O)/C(F)=C1/CC(C)(C)CC(N2CCCC2)=C1C#N. The Morgan fingerprint density at radius 2 is 0.647 bits per heavy atom. The van der Waals surface area contributed by atoms with Crippen molar-refractivity contribution in [1.82, 2.24) is 19.6 Å². The molecule has 4 aliphatic heterocycles. The zero-order chi connectivity index (χ0) is 61.8. The molecule has 0 bridgehead atoms. The van der Waals surface area contributed by atoms with Crippen LogP contribution in [0.15, 0.2) is 90.8 Å². The van der Waals surface area contributed by atoms with E-state index in [-0.39, 0.29) is 70.4 Å². The summed E-state index contributed by atoms with van der Waals surface area (Å²) in [5.41, 5.74) is -3.87. The summed E-state index contributed by atoms with van der Waals surface area (Å²) in [6.45, 7) is 23.3. The van der Waals surface area contributed by atoms with E-state index in [0.29, 0.717) is 101 Å². The Bertz CT molecular complexity index is 2760. The summed E-state index contributed by atoms with van der Waals surface area (Å²) in [5.74, 6) is -12.4. The van der Waals surface area contributed by atoms with Gasteiger partial charge in [-0.2, -0.15) is 29.0 Å². The molecule has 16 nitrogen and oxygen atoms in total. The van der Waals surface area contributed by atoms with E-state index < -0.39 is 101 Å². The van der Waals surface area contributed by atoms with Gasteiger partial charge in [-0.05, 0) is 124 Å². The van der Waals surface area contributed by atoms with Crippen molar-refractivity contribution in [1.29, 1.82) is 15.8 Å². The molecule has 0 aromatic carbocycles. The third kappa shape index (κ3) is 14.3. The van der Waals surface area contributed by atoms with Crippen LogP contribution in [0.3, 0.4) is 0 Å². The van der Waals surface area contributed by atoms with Gasteiger partial charge in [0.2, 0.25) is 29.0 Å². The van der Waals surface area contributed by atoms with Crippen molar-refractivity contribution in [3.05, 3.63) is 102 Å². The number of hydrogen-bond donors (Lipinski definition) is 0. The number of rotatable bonds is 16. The van der Waals surface area contributed by atoms with Crippen LogP contribution in [0.5, 0.6) is 0 Å². The lowest BCUT2D eigenvalue weighted by atomic mass is 9.73. The van der Waals surface area contributed by atoms with E-state index in [1.54, 1.807) is 0 Å². The second kappa shape index (κ2) is 25.7. The molecule has 8 aliphatic rings. The van der Waals surface area contributed by atoms with Crippen LogP contribution in [0.4, 0.5) is 17.6 Å². The molecule has 0 spiro atoms. The van der Waals surface area contributed by atoms with Gasteiger partial charge in [0.1, 0.15) is 50.1 Å². The molecule has 0 aromatic heterocycles. The predicted octanol–water partition coefficient (Wildman–Crippen LogP) is 12.2. The Morgan fingerprint density at radius 3 is 0.894 bits per heavy atom. The monoisotopic (exact) mass is 1180 g/mol. The highest BCUT2D eigenvalue weighted by atomic mass is 19.1. The smallest absolute Gasteiger partial charge is 0.367 e. The summed E-state index contributed by atoms with van der Waals surface area (Å²) in [5, 5.41) is 31.6. The Morgan fingerprint density at radius 1 is 0.424 bits per heavy atom. The largest absolute Gasteiger partial charge is 0.459 e. The molecule has 8 rings (SSSR count). The normalized spacial score (nSPS) is 24.6. The van der Waals surface area contributed by atoms with Gasteiger partial charge >= 0.3 is 23.9 Å². The molecule has 4 fully saturated rings. The Labute approximate surface area is 497 Å². The molecule has 0 unspecified atom stereocenters. The zero-order valence-corrected chi connectivity index (χ0v) is 50.7. The predicted molar refractivity (Wildman–Crippen MR) is 306 cm³/mol. The van der Waals surface area contributed by atoms with Crippen LogP contribution in [0, 0.1) is 67.6 Å². The lowest BCUT2D eigenvalue weighted by Gasteiger charge is -2.37. The van der Waals surface area contributed by atoms with Crippen molar-refractivity contribution in [3.63, 3.8) is 0 Å². The summed E-state index contributed by atoms with van der Waals surface area (Å²) in [6.07, 6.45) is 8.14. The van der Waals surface area contributed by atoms with Gasteiger partial charge in [0, 0.05) is 97.4 Å². The first-order chi connectivity index (χ1) is 40.2. The summed E-state index contributed by atoms with van der Waals surface area (Å²) < 4.78 is 91.1. The van der Waals surface area contributed by atoms with Crippen molar-refractivity contribution >= 4 is 23.9 Å². The van der Waals surface area contributed by atoms with Crippen molar-refractivity contribution in [2.75, 3.05) is 78.8 Å². The highest BCUT2D eigenvalue weighted by Crippen LogP contribution is 2.50. The van der Waals surface area contributed by atoms with Crippen LogP contribution in [-0.4, -0.2) is 122 Å². The molecule has 0 N–H and O–H groups in total. The minimum atomic E-state index is -2.44. The lowest BCUT2D eigenvalue weighted by Crippen LogP contribution is -2.44. The maximum Gasteiger partial charge on any atom is 0.367 e. The maximum absolute atomic E-state index is 17.1. The number of nitrogens with zero attached hydrogens (tertiary/aromatic N) is 8. The first kappa shape index (κ1) is 63.7. The van der Waals surface area contributed by atoms with E-state index >= 15 is 17.6 Å². The van der Waals surface area contributed by atoms with Gasteiger partial charge in [-0.25, -0.2) is 28.4 Å². The number of esters is 4. The summed E-state index contributed by atoms with van der Waals surface area (Å²) >= 11 is 0.